The van der Waals surface area contributed by atoms with E-state index in [4.69, 9.17) is 9.15 Å². The largest absolute Gasteiger partial charge is 0.422 e. The van der Waals surface area contributed by atoms with Crippen molar-refractivity contribution in [3.63, 3.8) is 0 Å². The van der Waals surface area contributed by atoms with Crippen molar-refractivity contribution in [3.05, 3.63) is 88.8 Å². The summed E-state index contributed by atoms with van der Waals surface area (Å²) in [6, 6.07) is 22.2. The van der Waals surface area contributed by atoms with Gasteiger partial charge in [0, 0.05) is 29.7 Å². The maximum Gasteiger partial charge on any atom is 0.344 e. The van der Waals surface area contributed by atoms with E-state index in [0.29, 0.717) is 27.4 Å². The Balaban J connectivity index is 1.25. The van der Waals surface area contributed by atoms with E-state index in [2.05, 4.69) is 27.3 Å². The molecular weight excluding hydrogens is 462 g/mol. The van der Waals surface area contributed by atoms with Crippen LogP contribution in [0.4, 0.5) is 10.8 Å². The van der Waals surface area contributed by atoms with Crippen molar-refractivity contribution in [2.75, 3.05) is 36.5 Å². The Morgan fingerprint density at radius 2 is 1.83 bits per heavy atom. The SMILES string of the molecule is O=C(Nc1nc2ccc(N3CCOCC3)cc2s1)c1cccc(-c2cc3ccccc3oc2=O)c1. The maximum absolute atomic E-state index is 13.0. The number of fused-ring (bicyclic) bond motifs is 2. The summed E-state index contributed by atoms with van der Waals surface area (Å²) >= 11 is 1.44. The van der Waals surface area contributed by atoms with E-state index < -0.39 is 5.63 Å². The highest BCUT2D eigenvalue weighted by Crippen LogP contribution is 2.30. The Morgan fingerprint density at radius 3 is 2.71 bits per heavy atom. The number of anilines is 2. The van der Waals surface area contributed by atoms with Gasteiger partial charge in [-0.3, -0.25) is 10.1 Å². The summed E-state index contributed by atoms with van der Waals surface area (Å²) in [5.74, 6) is -0.288. The quantitative estimate of drug-likeness (QED) is 0.356. The van der Waals surface area contributed by atoms with Crippen molar-refractivity contribution in [1.29, 1.82) is 0 Å². The van der Waals surface area contributed by atoms with Gasteiger partial charge < -0.3 is 14.1 Å². The van der Waals surface area contributed by atoms with Gasteiger partial charge in [-0.25, -0.2) is 9.78 Å². The lowest BCUT2D eigenvalue weighted by Crippen LogP contribution is -2.36. The van der Waals surface area contributed by atoms with E-state index in [-0.39, 0.29) is 5.91 Å². The van der Waals surface area contributed by atoms with E-state index in [1.54, 1.807) is 36.4 Å². The van der Waals surface area contributed by atoms with Crippen molar-refractivity contribution in [3.8, 4) is 11.1 Å². The molecule has 1 aliphatic heterocycles. The molecule has 3 heterocycles. The van der Waals surface area contributed by atoms with Gasteiger partial charge in [0.2, 0.25) is 0 Å². The molecule has 0 aliphatic carbocycles. The van der Waals surface area contributed by atoms with Crippen LogP contribution < -0.4 is 15.8 Å². The fourth-order valence-electron chi connectivity index (χ4n) is 4.25. The molecule has 35 heavy (non-hydrogen) atoms. The average molecular weight is 484 g/mol. The zero-order chi connectivity index (χ0) is 23.8. The first kappa shape index (κ1) is 21.5. The number of thiazole rings is 1. The summed E-state index contributed by atoms with van der Waals surface area (Å²) in [4.78, 5) is 32.4. The molecule has 1 amide bonds. The highest BCUT2D eigenvalue weighted by atomic mass is 32.1. The zero-order valence-electron chi connectivity index (χ0n) is 18.7. The van der Waals surface area contributed by atoms with Gasteiger partial charge in [-0.05, 0) is 48.0 Å². The van der Waals surface area contributed by atoms with Gasteiger partial charge in [0.1, 0.15) is 5.58 Å². The number of amides is 1. The standard InChI is InChI=1S/C27H21N3O4S/c31-25(29-27-28-22-9-8-20(16-24(22)35-27)30-10-12-33-13-11-30)19-6-3-5-17(14-19)21-15-18-4-1-2-7-23(18)34-26(21)32/h1-9,14-16H,10-13H2,(H,28,29,31). The number of morpholine rings is 1. The summed E-state index contributed by atoms with van der Waals surface area (Å²) in [5, 5.41) is 4.25. The number of aromatic nitrogens is 1. The molecule has 6 rings (SSSR count). The molecule has 1 N–H and O–H groups in total. The first-order valence-corrected chi connectivity index (χ1v) is 12.1. The van der Waals surface area contributed by atoms with Crippen LogP contribution in [0.5, 0.6) is 0 Å². The van der Waals surface area contributed by atoms with Crippen LogP contribution in [-0.2, 0) is 4.74 Å². The van der Waals surface area contributed by atoms with E-state index in [1.165, 1.54) is 11.3 Å². The normalized spacial score (nSPS) is 13.9. The van der Waals surface area contributed by atoms with Crippen LogP contribution >= 0.6 is 11.3 Å². The molecule has 1 fully saturated rings. The zero-order valence-corrected chi connectivity index (χ0v) is 19.5. The molecule has 8 heteroatoms. The minimum absolute atomic E-state index is 0.288. The molecule has 2 aromatic heterocycles. The van der Waals surface area contributed by atoms with Gasteiger partial charge >= 0.3 is 5.63 Å². The number of carbonyl (C=O) groups is 1. The number of hydrogen-bond donors (Lipinski definition) is 1. The summed E-state index contributed by atoms with van der Waals surface area (Å²) in [7, 11) is 0. The van der Waals surface area contributed by atoms with Gasteiger partial charge in [0.15, 0.2) is 5.13 Å². The number of ether oxygens (including phenoxy) is 1. The van der Waals surface area contributed by atoms with E-state index >= 15 is 0 Å². The molecule has 7 nitrogen and oxygen atoms in total. The molecule has 174 valence electrons. The number of nitrogens with one attached hydrogen (secondary N) is 1. The Labute approximate surface area is 204 Å². The summed E-state index contributed by atoms with van der Waals surface area (Å²) in [6.45, 7) is 3.17. The second-order valence-electron chi connectivity index (χ2n) is 8.29. The molecule has 0 saturated carbocycles. The Hall–Kier alpha value is -4.01. The Kier molecular flexibility index (Phi) is 5.52. The molecule has 0 spiro atoms. The minimum atomic E-state index is -0.441. The highest BCUT2D eigenvalue weighted by molar-refractivity contribution is 7.22. The second kappa shape index (κ2) is 8.98. The van der Waals surface area contributed by atoms with Gasteiger partial charge in [0.05, 0.1) is 29.0 Å². The summed E-state index contributed by atoms with van der Waals surface area (Å²) in [6.07, 6.45) is 0. The van der Waals surface area contributed by atoms with E-state index in [9.17, 15) is 9.59 Å². The Bertz CT molecular complexity index is 1620. The average Bonchev–Trinajstić information content (AvgIpc) is 3.30. The van der Waals surface area contributed by atoms with Crippen LogP contribution in [0.15, 0.2) is 82.0 Å². The number of rotatable bonds is 4. The van der Waals surface area contributed by atoms with E-state index in [1.807, 2.05) is 24.3 Å². The van der Waals surface area contributed by atoms with Crippen LogP contribution in [0, 0.1) is 0 Å². The predicted molar refractivity (Wildman–Crippen MR) is 139 cm³/mol. The van der Waals surface area contributed by atoms with Gasteiger partial charge in [-0.1, -0.05) is 41.7 Å². The fourth-order valence-corrected chi connectivity index (χ4v) is 5.14. The van der Waals surface area contributed by atoms with Crippen LogP contribution in [0.1, 0.15) is 10.4 Å². The van der Waals surface area contributed by atoms with Crippen molar-refractivity contribution < 1.29 is 13.9 Å². The number of para-hydroxylation sites is 1. The van der Waals surface area contributed by atoms with Crippen molar-refractivity contribution in [1.82, 2.24) is 4.98 Å². The number of carbonyl (C=O) groups excluding carboxylic acids is 1. The molecule has 3 aromatic carbocycles. The molecule has 0 unspecified atom stereocenters. The third kappa shape index (κ3) is 4.29. The minimum Gasteiger partial charge on any atom is -0.422 e. The smallest absolute Gasteiger partial charge is 0.344 e. The second-order valence-corrected chi connectivity index (χ2v) is 9.32. The molecule has 0 radical (unpaired) electrons. The Morgan fingerprint density at radius 1 is 0.971 bits per heavy atom. The van der Waals surface area contributed by atoms with Crippen molar-refractivity contribution in [2.24, 2.45) is 0 Å². The van der Waals surface area contributed by atoms with Crippen LogP contribution in [0.3, 0.4) is 0 Å². The third-order valence-electron chi connectivity index (χ3n) is 6.05. The number of hydrogen-bond acceptors (Lipinski definition) is 7. The molecule has 5 aromatic rings. The van der Waals surface area contributed by atoms with Gasteiger partial charge in [0.25, 0.3) is 5.91 Å². The van der Waals surface area contributed by atoms with Crippen LogP contribution in [0.25, 0.3) is 32.3 Å². The molecule has 1 aliphatic rings. The predicted octanol–water partition coefficient (Wildman–Crippen LogP) is 5.16. The molecule has 0 bridgehead atoms. The van der Waals surface area contributed by atoms with Crippen LogP contribution in [0.2, 0.25) is 0 Å². The number of benzene rings is 3. The summed E-state index contributed by atoms with van der Waals surface area (Å²) in [5.41, 5.74) is 3.52. The lowest BCUT2D eigenvalue weighted by atomic mass is 10.0. The van der Waals surface area contributed by atoms with Crippen molar-refractivity contribution >= 4 is 49.2 Å². The lowest BCUT2D eigenvalue weighted by Gasteiger charge is -2.28. The molecule has 1 saturated heterocycles. The topological polar surface area (TPSA) is 84.7 Å². The van der Waals surface area contributed by atoms with Gasteiger partial charge in [-0.15, -0.1) is 0 Å². The maximum atomic E-state index is 13.0. The summed E-state index contributed by atoms with van der Waals surface area (Å²) < 4.78 is 11.9. The lowest BCUT2D eigenvalue weighted by molar-refractivity contribution is 0.102. The third-order valence-corrected chi connectivity index (χ3v) is 6.98. The highest BCUT2D eigenvalue weighted by Gasteiger charge is 2.15. The van der Waals surface area contributed by atoms with Gasteiger partial charge in [-0.2, -0.15) is 0 Å². The van der Waals surface area contributed by atoms with Crippen molar-refractivity contribution in [2.45, 2.75) is 0 Å². The van der Waals surface area contributed by atoms with E-state index in [0.717, 1.165) is 47.6 Å². The first-order chi connectivity index (χ1) is 17.1. The molecule has 0 atom stereocenters. The number of nitrogens with zero attached hydrogens (tertiary/aromatic N) is 2. The first-order valence-electron chi connectivity index (χ1n) is 11.3. The molecular formula is C27H21N3O4S. The fraction of sp³-hybridized carbons (Fsp3) is 0.148. The van der Waals surface area contributed by atoms with Crippen LogP contribution in [-0.4, -0.2) is 37.2 Å². The monoisotopic (exact) mass is 483 g/mol.